The molecule has 3 rings (SSSR count). The number of ether oxygens (including phenoxy) is 1. The second kappa shape index (κ2) is 5.43. The maximum Gasteiger partial charge on any atom is 0.180 e. The lowest BCUT2D eigenvalue weighted by molar-refractivity contribution is -0.0769. The van der Waals surface area contributed by atoms with Crippen molar-refractivity contribution in [3.63, 3.8) is 0 Å². The molecule has 1 aliphatic rings. The van der Waals surface area contributed by atoms with Gasteiger partial charge in [0.15, 0.2) is 6.29 Å². The minimum Gasteiger partial charge on any atom is -0.364 e. The topological polar surface area (TPSA) is 41.8 Å². The molecule has 0 aromatic heterocycles. The highest BCUT2D eigenvalue weighted by Gasteiger charge is 2.18. The van der Waals surface area contributed by atoms with Crippen molar-refractivity contribution in [3.8, 4) is 0 Å². The Morgan fingerprint density at radius 3 is 2.48 bits per heavy atom. The van der Waals surface area contributed by atoms with Gasteiger partial charge >= 0.3 is 0 Å². The fourth-order valence-corrected chi connectivity index (χ4v) is 2.82. The van der Waals surface area contributed by atoms with E-state index in [1.165, 1.54) is 23.8 Å². The lowest BCUT2D eigenvalue weighted by atomic mass is 9.99. The number of aliphatic hydroxyl groups is 1. The summed E-state index contributed by atoms with van der Waals surface area (Å²) in [7, 11) is 1.50. The Labute approximate surface area is 124 Å². The molecule has 1 N–H and O–H groups in total. The van der Waals surface area contributed by atoms with E-state index in [1.54, 1.807) is 0 Å². The van der Waals surface area contributed by atoms with Gasteiger partial charge in [0.05, 0.1) is 11.4 Å². The van der Waals surface area contributed by atoms with Crippen LogP contribution < -0.4 is 0 Å². The molecule has 3 nitrogen and oxygen atoms in total. The van der Waals surface area contributed by atoms with Crippen molar-refractivity contribution in [3.05, 3.63) is 64.2 Å². The van der Waals surface area contributed by atoms with Crippen LogP contribution in [0, 0.1) is 13.8 Å². The molecule has 0 fully saturated rings. The molecule has 2 aromatic carbocycles. The van der Waals surface area contributed by atoms with Crippen LogP contribution in [0.15, 0.2) is 41.4 Å². The van der Waals surface area contributed by atoms with Crippen molar-refractivity contribution >= 4 is 11.4 Å². The third-order valence-corrected chi connectivity index (χ3v) is 3.78. The van der Waals surface area contributed by atoms with E-state index in [9.17, 15) is 5.11 Å². The van der Waals surface area contributed by atoms with Crippen molar-refractivity contribution in [1.29, 1.82) is 0 Å². The largest absolute Gasteiger partial charge is 0.364 e. The van der Waals surface area contributed by atoms with Gasteiger partial charge in [-0.25, -0.2) is 0 Å². The van der Waals surface area contributed by atoms with E-state index in [1.807, 2.05) is 18.2 Å². The molecule has 0 amide bonds. The third kappa shape index (κ3) is 2.75. The van der Waals surface area contributed by atoms with Crippen molar-refractivity contribution in [2.45, 2.75) is 26.6 Å². The average Bonchev–Trinajstić information content (AvgIpc) is 2.88. The molecule has 1 heterocycles. The predicted molar refractivity (Wildman–Crippen MR) is 84.2 cm³/mol. The van der Waals surface area contributed by atoms with Crippen molar-refractivity contribution < 1.29 is 9.84 Å². The Morgan fingerprint density at radius 1 is 1.10 bits per heavy atom. The summed E-state index contributed by atoms with van der Waals surface area (Å²) in [5.74, 6) is 0. The van der Waals surface area contributed by atoms with Gasteiger partial charge in [-0.2, -0.15) is 0 Å². The summed E-state index contributed by atoms with van der Waals surface area (Å²) in [6, 6.07) is 12.3. The van der Waals surface area contributed by atoms with Crippen LogP contribution in [-0.2, 0) is 11.2 Å². The molecule has 2 aromatic rings. The maximum atomic E-state index is 9.76. The number of hydrogen-bond acceptors (Lipinski definition) is 3. The van der Waals surface area contributed by atoms with Crippen LogP contribution in [0.2, 0.25) is 0 Å². The molecular formula is C18H19NO2. The molecule has 1 atom stereocenters. The quantitative estimate of drug-likeness (QED) is 0.873. The lowest BCUT2D eigenvalue weighted by Crippen LogP contribution is -2.03. The Balaban J connectivity index is 1.92. The minimum absolute atomic E-state index is 0.771. The summed E-state index contributed by atoms with van der Waals surface area (Å²) in [5, 5.41) is 9.76. The van der Waals surface area contributed by atoms with Gasteiger partial charge < -0.3 is 9.84 Å². The average molecular weight is 281 g/mol. The van der Waals surface area contributed by atoms with Gasteiger partial charge in [0.25, 0.3) is 0 Å². The van der Waals surface area contributed by atoms with Crippen LogP contribution in [0.4, 0.5) is 5.69 Å². The number of aliphatic imine (C=N–C) groups is 1. The fourth-order valence-electron chi connectivity index (χ4n) is 2.82. The molecule has 0 radical (unpaired) electrons. The standard InChI is InChI=1S/C18H19NO2/c1-11-6-12(2)8-14(7-11)17-10-15-9-13(18(20)21-3)4-5-16(15)19-17/h4-9,18,20H,10H2,1-3H3. The summed E-state index contributed by atoms with van der Waals surface area (Å²) in [6.07, 6.45) is -0.0803. The number of methoxy groups -OCH3 is 1. The Bertz CT molecular complexity index is 699. The van der Waals surface area contributed by atoms with E-state index in [0.717, 1.165) is 28.9 Å². The minimum atomic E-state index is -0.874. The smallest absolute Gasteiger partial charge is 0.180 e. The van der Waals surface area contributed by atoms with Gasteiger partial charge in [0, 0.05) is 19.1 Å². The first kappa shape index (κ1) is 14.0. The molecule has 0 saturated heterocycles. The van der Waals surface area contributed by atoms with Gasteiger partial charge in [-0.05, 0) is 37.1 Å². The highest BCUT2D eigenvalue weighted by Crippen LogP contribution is 2.31. The highest BCUT2D eigenvalue weighted by atomic mass is 16.6. The second-order valence-corrected chi connectivity index (χ2v) is 5.59. The number of aryl methyl sites for hydroxylation is 2. The predicted octanol–water partition coefficient (Wildman–Crippen LogP) is 3.62. The van der Waals surface area contributed by atoms with Crippen LogP contribution in [0.3, 0.4) is 0 Å². The molecule has 0 bridgehead atoms. The highest BCUT2D eigenvalue weighted by molar-refractivity contribution is 6.06. The summed E-state index contributed by atoms with van der Waals surface area (Å²) in [6.45, 7) is 4.21. The molecular weight excluding hydrogens is 262 g/mol. The van der Waals surface area contributed by atoms with Crippen LogP contribution in [0.5, 0.6) is 0 Å². The fraction of sp³-hybridized carbons (Fsp3) is 0.278. The summed E-state index contributed by atoms with van der Waals surface area (Å²) < 4.78 is 4.96. The molecule has 0 saturated carbocycles. The Kier molecular flexibility index (Phi) is 3.62. The first-order valence-electron chi connectivity index (χ1n) is 7.07. The van der Waals surface area contributed by atoms with Crippen LogP contribution in [0.25, 0.3) is 0 Å². The number of benzene rings is 2. The van der Waals surface area contributed by atoms with Gasteiger partial charge in [-0.15, -0.1) is 0 Å². The Hall–Kier alpha value is -1.97. The van der Waals surface area contributed by atoms with E-state index in [2.05, 4.69) is 32.0 Å². The zero-order valence-corrected chi connectivity index (χ0v) is 12.6. The number of hydrogen-bond donors (Lipinski definition) is 1. The first-order valence-corrected chi connectivity index (χ1v) is 7.07. The normalized spacial score (nSPS) is 14.8. The zero-order chi connectivity index (χ0) is 15.0. The molecule has 21 heavy (non-hydrogen) atoms. The molecule has 1 unspecified atom stereocenters. The SMILES string of the molecule is COC(O)c1ccc2c(c1)CC(c1cc(C)cc(C)c1)=N2. The van der Waals surface area contributed by atoms with Crippen LogP contribution >= 0.6 is 0 Å². The van der Waals surface area contributed by atoms with E-state index < -0.39 is 6.29 Å². The second-order valence-electron chi connectivity index (χ2n) is 5.59. The molecule has 108 valence electrons. The molecule has 0 spiro atoms. The number of rotatable bonds is 3. The number of fused-ring (bicyclic) bond motifs is 1. The van der Waals surface area contributed by atoms with E-state index >= 15 is 0 Å². The molecule has 3 heteroatoms. The van der Waals surface area contributed by atoms with Gasteiger partial charge in [0.1, 0.15) is 0 Å². The first-order chi connectivity index (χ1) is 10.1. The van der Waals surface area contributed by atoms with Crippen molar-refractivity contribution in [2.75, 3.05) is 7.11 Å². The number of aliphatic hydroxyl groups excluding tert-OH is 1. The third-order valence-electron chi connectivity index (χ3n) is 3.78. The van der Waals surface area contributed by atoms with E-state index in [-0.39, 0.29) is 0 Å². The lowest BCUT2D eigenvalue weighted by Gasteiger charge is -2.09. The van der Waals surface area contributed by atoms with Crippen molar-refractivity contribution in [2.24, 2.45) is 4.99 Å². The van der Waals surface area contributed by atoms with E-state index in [4.69, 9.17) is 9.73 Å². The van der Waals surface area contributed by atoms with Gasteiger partial charge in [-0.1, -0.05) is 35.4 Å². The van der Waals surface area contributed by atoms with Gasteiger partial charge in [0.2, 0.25) is 0 Å². The van der Waals surface area contributed by atoms with Crippen LogP contribution in [0.1, 0.15) is 34.1 Å². The zero-order valence-electron chi connectivity index (χ0n) is 12.6. The summed E-state index contributed by atoms with van der Waals surface area (Å²) in [4.78, 5) is 4.72. The monoisotopic (exact) mass is 281 g/mol. The molecule has 1 aliphatic heterocycles. The summed E-state index contributed by atoms with van der Waals surface area (Å²) >= 11 is 0. The van der Waals surface area contributed by atoms with Crippen molar-refractivity contribution in [1.82, 2.24) is 0 Å². The maximum absolute atomic E-state index is 9.76. The Morgan fingerprint density at radius 2 is 1.81 bits per heavy atom. The molecule has 0 aliphatic carbocycles. The van der Waals surface area contributed by atoms with Crippen LogP contribution in [-0.4, -0.2) is 17.9 Å². The number of nitrogens with zero attached hydrogens (tertiary/aromatic N) is 1. The van der Waals surface area contributed by atoms with Gasteiger partial charge in [-0.3, -0.25) is 4.99 Å². The summed E-state index contributed by atoms with van der Waals surface area (Å²) in [5.41, 5.74) is 7.65. The van der Waals surface area contributed by atoms with E-state index in [0.29, 0.717) is 0 Å².